The number of nitrogens with two attached hydrogens (primary N) is 1. The summed E-state index contributed by atoms with van der Waals surface area (Å²) in [5.41, 5.74) is 5.43. The van der Waals surface area contributed by atoms with E-state index in [1.807, 2.05) is 6.92 Å². The van der Waals surface area contributed by atoms with Crippen molar-refractivity contribution in [3.05, 3.63) is 0 Å². The van der Waals surface area contributed by atoms with Crippen LogP contribution in [0.4, 0.5) is 5.13 Å². The van der Waals surface area contributed by atoms with Crippen molar-refractivity contribution in [2.24, 2.45) is 0 Å². The molecular weight excluding hydrogens is 234 g/mol. The quantitative estimate of drug-likeness (QED) is 0.628. The van der Waals surface area contributed by atoms with Gasteiger partial charge in [0.25, 0.3) is 0 Å². The Balaban J connectivity index is 2.41. The van der Waals surface area contributed by atoms with Gasteiger partial charge < -0.3 is 10.5 Å². The third-order valence-electron chi connectivity index (χ3n) is 1.48. The predicted octanol–water partition coefficient (Wildman–Crippen LogP) is 1.55. The maximum atomic E-state index is 11.4. The smallest absolute Gasteiger partial charge is 0.319 e. The molecule has 0 spiro atoms. The van der Waals surface area contributed by atoms with Crippen molar-refractivity contribution in [3.8, 4) is 0 Å². The highest BCUT2D eigenvalue weighted by atomic mass is 32.2. The lowest BCUT2D eigenvalue weighted by Crippen LogP contribution is -2.17. The number of esters is 1. The van der Waals surface area contributed by atoms with Crippen LogP contribution in [0.2, 0.25) is 0 Å². The molecule has 0 saturated carbocycles. The maximum Gasteiger partial charge on any atom is 0.319 e. The minimum Gasteiger partial charge on any atom is -0.465 e. The van der Waals surface area contributed by atoms with E-state index in [2.05, 4.69) is 10.2 Å². The molecule has 1 heterocycles. The van der Waals surface area contributed by atoms with Crippen LogP contribution in [0, 0.1) is 0 Å². The largest absolute Gasteiger partial charge is 0.465 e. The number of hydrogen-bond donors (Lipinski definition) is 1. The average molecular weight is 247 g/mol. The molecule has 0 aliphatic heterocycles. The summed E-state index contributed by atoms with van der Waals surface area (Å²) in [5, 5.41) is 7.62. The average Bonchev–Trinajstić information content (AvgIpc) is 2.60. The van der Waals surface area contributed by atoms with E-state index in [0.29, 0.717) is 16.1 Å². The Hall–Kier alpha value is -0.820. The van der Waals surface area contributed by atoms with Crippen LogP contribution in [0.3, 0.4) is 0 Å². The van der Waals surface area contributed by atoms with E-state index in [1.165, 1.54) is 23.1 Å². The molecule has 0 aromatic carbocycles. The van der Waals surface area contributed by atoms with E-state index in [9.17, 15) is 4.79 Å². The van der Waals surface area contributed by atoms with Gasteiger partial charge in [0.15, 0.2) is 4.34 Å². The number of nitrogens with zero attached hydrogens (tertiary/aromatic N) is 2. The van der Waals surface area contributed by atoms with E-state index in [-0.39, 0.29) is 11.2 Å². The van der Waals surface area contributed by atoms with E-state index >= 15 is 0 Å². The van der Waals surface area contributed by atoms with E-state index in [0.717, 1.165) is 6.42 Å². The van der Waals surface area contributed by atoms with Crippen molar-refractivity contribution in [1.82, 2.24) is 10.2 Å². The van der Waals surface area contributed by atoms with E-state index in [1.54, 1.807) is 6.92 Å². The van der Waals surface area contributed by atoms with E-state index in [4.69, 9.17) is 10.5 Å². The predicted molar refractivity (Wildman–Crippen MR) is 60.9 cm³/mol. The Morgan fingerprint density at radius 2 is 2.40 bits per heavy atom. The molecule has 0 aliphatic rings. The molecular formula is C8H13N3O2S2. The monoisotopic (exact) mass is 247 g/mol. The molecule has 0 unspecified atom stereocenters. The molecule has 15 heavy (non-hydrogen) atoms. The van der Waals surface area contributed by atoms with Gasteiger partial charge in [-0.15, -0.1) is 10.2 Å². The standard InChI is InChI=1S/C8H13N3O2S2/c1-3-4-13-6(12)5(2)14-8-11-10-7(9)15-8/h5H,3-4H2,1-2H3,(H2,9,10)/t5-/m0/s1. The molecule has 1 aromatic heterocycles. The van der Waals surface area contributed by atoms with Gasteiger partial charge in [-0.05, 0) is 13.3 Å². The Labute approximate surface area is 96.4 Å². The minimum atomic E-state index is -0.274. The molecule has 0 bridgehead atoms. The van der Waals surface area contributed by atoms with Crippen molar-refractivity contribution < 1.29 is 9.53 Å². The highest BCUT2D eigenvalue weighted by Crippen LogP contribution is 2.27. The molecule has 1 aromatic rings. The van der Waals surface area contributed by atoms with Gasteiger partial charge in [-0.1, -0.05) is 30.0 Å². The lowest BCUT2D eigenvalue weighted by Gasteiger charge is -2.07. The second kappa shape index (κ2) is 5.92. The Kier molecular flexibility index (Phi) is 4.83. The number of aromatic nitrogens is 2. The first-order valence-corrected chi connectivity index (χ1v) is 6.25. The van der Waals surface area contributed by atoms with Gasteiger partial charge in [-0.3, -0.25) is 4.79 Å². The number of carbonyl (C=O) groups is 1. The van der Waals surface area contributed by atoms with Gasteiger partial charge in [0.2, 0.25) is 5.13 Å². The Bertz CT molecular complexity index is 329. The molecule has 84 valence electrons. The Morgan fingerprint density at radius 1 is 1.67 bits per heavy atom. The second-order valence-electron chi connectivity index (χ2n) is 2.83. The van der Waals surface area contributed by atoms with Crippen LogP contribution < -0.4 is 5.73 Å². The van der Waals surface area contributed by atoms with Gasteiger partial charge >= 0.3 is 5.97 Å². The van der Waals surface area contributed by atoms with Gasteiger partial charge in [0.1, 0.15) is 5.25 Å². The van der Waals surface area contributed by atoms with Crippen LogP contribution in [-0.4, -0.2) is 28.0 Å². The SMILES string of the molecule is CCCOC(=O)[C@H](C)Sc1nnc(N)s1. The lowest BCUT2D eigenvalue weighted by atomic mass is 10.5. The molecule has 0 saturated heterocycles. The molecule has 2 N–H and O–H groups in total. The fraction of sp³-hybridized carbons (Fsp3) is 0.625. The zero-order valence-electron chi connectivity index (χ0n) is 8.60. The summed E-state index contributed by atoms with van der Waals surface area (Å²) >= 11 is 2.58. The molecule has 1 atom stereocenters. The van der Waals surface area contributed by atoms with Crippen molar-refractivity contribution in [3.63, 3.8) is 0 Å². The molecule has 7 heteroatoms. The highest BCUT2D eigenvalue weighted by molar-refractivity contribution is 8.02. The zero-order valence-corrected chi connectivity index (χ0v) is 10.2. The summed E-state index contributed by atoms with van der Waals surface area (Å²) in [6.45, 7) is 4.19. The first kappa shape index (κ1) is 12.3. The number of thioether (sulfide) groups is 1. The lowest BCUT2D eigenvalue weighted by molar-refractivity contribution is -0.142. The van der Waals surface area contributed by atoms with Crippen LogP contribution >= 0.6 is 23.1 Å². The number of carbonyl (C=O) groups excluding carboxylic acids is 1. The maximum absolute atomic E-state index is 11.4. The van der Waals surface area contributed by atoms with Crippen LogP contribution in [0.1, 0.15) is 20.3 Å². The summed E-state index contributed by atoms with van der Waals surface area (Å²) in [6, 6.07) is 0. The molecule has 0 radical (unpaired) electrons. The minimum absolute atomic E-state index is 0.226. The second-order valence-corrected chi connectivity index (χ2v) is 5.43. The highest BCUT2D eigenvalue weighted by Gasteiger charge is 2.17. The van der Waals surface area contributed by atoms with Crippen molar-refractivity contribution in [2.45, 2.75) is 29.9 Å². The molecule has 0 fully saturated rings. The van der Waals surface area contributed by atoms with Crippen LogP contribution in [-0.2, 0) is 9.53 Å². The summed E-state index contributed by atoms with van der Waals surface area (Å²) in [4.78, 5) is 11.4. The molecule has 1 rings (SSSR count). The van der Waals surface area contributed by atoms with Crippen LogP contribution in [0.15, 0.2) is 4.34 Å². The van der Waals surface area contributed by atoms with Gasteiger partial charge in [-0.2, -0.15) is 0 Å². The van der Waals surface area contributed by atoms with Crippen molar-refractivity contribution in [1.29, 1.82) is 0 Å². The summed E-state index contributed by atoms with van der Waals surface area (Å²) in [5.74, 6) is -0.226. The fourth-order valence-corrected chi connectivity index (χ4v) is 2.57. The number of nitrogen functional groups attached to an aromatic ring is 1. The molecule has 0 amide bonds. The van der Waals surface area contributed by atoms with Crippen molar-refractivity contribution >= 4 is 34.2 Å². The first-order valence-electron chi connectivity index (χ1n) is 4.55. The van der Waals surface area contributed by atoms with Crippen LogP contribution in [0.25, 0.3) is 0 Å². The number of hydrogen-bond acceptors (Lipinski definition) is 7. The Morgan fingerprint density at radius 3 is 2.93 bits per heavy atom. The van der Waals surface area contributed by atoms with Gasteiger partial charge in [0, 0.05) is 0 Å². The number of anilines is 1. The first-order chi connectivity index (χ1) is 7.13. The summed E-state index contributed by atoms with van der Waals surface area (Å²) in [7, 11) is 0. The van der Waals surface area contributed by atoms with Crippen molar-refractivity contribution in [2.75, 3.05) is 12.3 Å². The zero-order chi connectivity index (χ0) is 11.3. The van der Waals surface area contributed by atoms with Crippen LogP contribution in [0.5, 0.6) is 0 Å². The van der Waals surface area contributed by atoms with E-state index < -0.39 is 0 Å². The van der Waals surface area contributed by atoms with Gasteiger partial charge in [0.05, 0.1) is 6.61 Å². The number of ether oxygens (including phenoxy) is 1. The normalized spacial score (nSPS) is 12.4. The molecule has 0 aliphatic carbocycles. The number of rotatable bonds is 5. The summed E-state index contributed by atoms with van der Waals surface area (Å²) in [6.07, 6.45) is 0.828. The third-order valence-corrected chi connectivity index (χ3v) is 3.40. The molecule has 5 nitrogen and oxygen atoms in total. The summed E-state index contributed by atoms with van der Waals surface area (Å²) < 4.78 is 5.69. The van der Waals surface area contributed by atoms with Gasteiger partial charge in [-0.25, -0.2) is 0 Å². The topological polar surface area (TPSA) is 78.1 Å². The third kappa shape index (κ3) is 4.05. The fourth-order valence-electron chi connectivity index (χ4n) is 0.787.